The van der Waals surface area contributed by atoms with Crippen LogP contribution in [0.3, 0.4) is 0 Å². The number of rotatable bonds is 8. The SMILES string of the molecule is C[Si](C)(C)OCCC1(CCO[Si](C)(C)C)C2CC3CC1CC(C2)C3=O. The molecule has 0 aliphatic heterocycles. The van der Waals surface area contributed by atoms with Crippen molar-refractivity contribution in [3.05, 3.63) is 0 Å². The second-order valence-electron chi connectivity index (χ2n) is 10.8. The average molecular weight is 383 g/mol. The van der Waals surface area contributed by atoms with Crippen LogP contribution in [0.5, 0.6) is 0 Å². The molecule has 0 unspecified atom stereocenters. The summed E-state index contributed by atoms with van der Waals surface area (Å²) >= 11 is 0. The maximum Gasteiger partial charge on any atom is 0.183 e. The molecule has 0 amide bonds. The van der Waals surface area contributed by atoms with Gasteiger partial charge >= 0.3 is 0 Å². The normalized spacial score (nSPS) is 33.9. The quantitative estimate of drug-likeness (QED) is 0.548. The maximum atomic E-state index is 12.4. The first kappa shape index (κ1) is 19.8. The number of hydrogen-bond acceptors (Lipinski definition) is 3. The lowest BCUT2D eigenvalue weighted by Crippen LogP contribution is -2.57. The molecule has 0 aromatic rings. The summed E-state index contributed by atoms with van der Waals surface area (Å²) in [4.78, 5) is 12.4. The van der Waals surface area contributed by atoms with Gasteiger partial charge in [-0.2, -0.15) is 0 Å². The number of hydrogen-bond donors (Lipinski definition) is 0. The van der Waals surface area contributed by atoms with Crippen LogP contribution in [0.1, 0.15) is 38.5 Å². The van der Waals surface area contributed by atoms with Crippen molar-refractivity contribution in [2.75, 3.05) is 13.2 Å². The van der Waals surface area contributed by atoms with Crippen LogP contribution >= 0.6 is 0 Å². The zero-order valence-corrected chi connectivity index (χ0v) is 19.2. The number of carbonyl (C=O) groups is 1. The van der Waals surface area contributed by atoms with Gasteiger partial charge in [-0.25, -0.2) is 0 Å². The molecule has 4 aliphatic rings. The molecule has 0 saturated heterocycles. The van der Waals surface area contributed by atoms with E-state index in [1.165, 1.54) is 12.8 Å². The Bertz CT molecular complexity index is 450. The molecule has 4 rings (SSSR count). The molecule has 144 valence electrons. The van der Waals surface area contributed by atoms with Gasteiger partial charge in [-0.15, -0.1) is 0 Å². The molecule has 5 heteroatoms. The third kappa shape index (κ3) is 4.31. The first-order chi connectivity index (χ1) is 11.5. The van der Waals surface area contributed by atoms with Crippen molar-refractivity contribution in [2.45, 2.75) is 77.8 Å². The van der Waals surface area contributed by atoms with E-state index in [2.05, 4.69) is 39.3 Å². The van der Waals surface area contributed by atoms with Crippen molar-refractivity contribution in [2.24, 2.45) is 29.1 Å². The highest BCUT2D eigenvalue weighted by Crippen LogP contribution is 2.63. The lowest BCUT2D eigenvalue weighted by atomic mass is 9.43. The molecule has 0 N–H and O–H groups in total. The summed E-state index contributed by atoms with van der Waals surface area (Å²) in [5.41, 5.74) is 0.368. The molecule has 4 aliphatic carbocycles. The molecule has 0 spiro atoms. The molecule has 0 radical (unpaired) electrons. The molecular weight excluding hydrogens is 344 g/mol. The van der Waals surface area contributed by atoms with E-state index in [1.807, 2.05) is 0 Å². The maximum absolute atomic E-state index is 12.4. The molecule has 0 heterocycles. The summed E-state index contributed by atoms with van der Waals surface area (Å²) in [5.74, 6) is 2.81. The third-order valence-electron chi connectivity index (χ3n) is 6.91. The van der Waals surface area contributed by atoms with Gasteiger partial charge in [0.2, 0.25) is 0 Å². The zero-order valence-electron chi connectivity index (χ0n) is 17.2. The number of ketones is 1. The van der Waals surface area contributed by atoms with Crippen LogP contribution in [-0.4, -0.2) is 35.6 Å². The van der Waals surface area contributed by atoms with Crippen molar-refractivity contribution in [3.8, 4) is 0 Å². The number of carbonyl (C=O) groups excluding carboxylic acids is 1. The summed E-state index contributed by atoms with van der Waals surface area (Å²) in [6, 6.07) is 0. The summed E-state index contributed by atoms with van der Waals surface area (Å²) in [6.07, 6.45) is 6.93. The van der Waals surface area contributed by atoms with E-state index >= 15 is 0 Å². The summed E-state index contributed by atoms with van der Waals surface area (Å²) in [7, 11) is -2.93. The predicted molar refractivity (Wildman–Crippen MR) is 108 cm³/mol. The topological polar surface area (TPSA) is 35.5 Å². The van der Waals surface area contributed by atoms with Gasteiger partial charge in [-0.1, -0.05) is 0 Å². The summed E-state index contributed by atoms with van der Waals surface area (Å²) < 4.78 is 12.5. The van der Waals surface area contributed by atoms with Gasteiger partial charge in [0.25, 0.3) is 0 Å². The van der Waals surface area contributed by atoms with E-state index in [0.717, 1.165) is 50.7 Å². The fourth-order valence-corrected chi connectivity index (χ4v) is 7.29. The first-order valence-corrected chi connectivity index (χ1v) is 17.1. The van der Waals surface area contributed by atoms with Crippen LogP contribution in [0.2, 0.25) is 39.3 Å². The van der Waals surface area contributed by atoms with Gasteiger partial charge in [0.1, 0.15) is 5.78 Å². The Morgan fingerprint density at radius 1 is 0.800 bits per heavy atom. The van der Waals surface area contributed by atoms with E-state index < -0.39 is 16.6 Å². The minimum atomic E-state index is -1.47. The van der Waals surface area contributed by atoms with Gasteiger partial charge < -0.3 is 8.85 Å². The minimum absolute atomic E-state index is 0.368. The molecule has 4 bridgehead atoms. The van der Waals surface area contributed by atoms with E-state index in [9.17, 15) is 4.79 Å². The van der Waals surface area contributed by atoms with Gasteiger partial charge in [-0.05, 0) is 95.1 Å². The predicted octanol–water partition coefficient (Wildman–Crippen LogP) is 5.09. The molecule has 0 aromatic heterocycles. The van der Waals surface area contributed by atoms with Crippen LogP contribution in [0.15, 0.2) is 0 Å². The fourth-order valence-electron chi connectivity index (χ4n) is 5.86. The summed E-state index contributed by atoms with van der Waals surface area (Å²) in [6.45, 7) is 15.5. The van der Waals surface area contributed by atoms with Gasteiger partial charge in [0.15, 0.2) is 16.6 Å². The molecule has 3 nitrogen and oxygen atoms in total. The Labute approximate surface area is 156 Å². The fraction of sp³-hybridized carbons (Fsp3) is 0.950. The van der Waals surface area contributed by atoms with Gasteiger partial charge in [0.05, 0.1) is 0 Å². The van der Waals surface area contributed by atoms with Crippen LogP contribution in [0.25, 0.3) is 0 Å². The largest absolute Gasteiger partial charge is 0.418 e. The van der Waals surface area contributed by atoms with Crippen molar-refractivity contribution in [1.82, 2.24) is 0 Å². The molecule has 0 atom stereocenters. The minimum Gasteiger partial charge on any atom is -0.418 e. The standard InChI is InChI=1S/C20H38O3Si2/c1-24(2,3)22-9-7-20(8-10-23-25(4,5)6)17-11-15-12-18(20)14-16(13-17)19(15)21/h15-18H,7-14H2,1-6H3. The second-order valence-corrected chi connectivity index (χ2v) is 19.8. The van der Waals surface area contributed by atoms with Crippen LogP contribution in [-0.2, 0) is 13.6 Å². The van der Waals surface area contributed by atoms with E-state index in [4.69, 9.17) is 8.85 Å². The monoisotopic (exact) mass is 382 g/mol. The highest BCUT2D eigenvalue weighted by molar-refractivity contribution is 6.70. The Hall–Kier alpha value is 0.0238. The van der Waals surface area contributed by atoms with Gasteiger partial charge in [-0.3, -0.25) is 4.79 Å². The lowest BCUT2D eigenvalue weighted by Gasteiger charge is -2.61. The second kappa shape index (κ2) is 6.88. The highest BCUT2D eigenvalue weighted by Gasteiger charge is 2.59. The molecule has 4 saturated carbocycles. The lowest BCUT2D eigenvalue weighted by molar-refractivity contribution is -0.160. The Balaban J connectivity index is 1.72. The van der Waals surface area contributed by atoms with Gasteiger partial charge in [0, 0.05) is 25.0 Å². The van der Waals surface area contributed by atoms with Crippen molar-refractivity contribution >= 4 is 22.4 Å². The third-order valence-corrected chi connectivity index (χ3v) is 9.05. The first-order valence-electron chi connectivity index (χ1n) is 10.3. The van der Waals surface area contributed by atoms with Crippen LogP contribution < -0.4 is 0 Å². The average Bonchev–Trinajstić information content (AvgIpc) is 2.42. The highest BCUT2D eigenvalue weighted by atomic mass is 28.4. The van der Waals surface area contributed by atoms with E-state index in [0.29, 0.717) is 23.0 Å². The molecule has 0 aromatic carbocycles. The smallest absolute Gasteiger partial charge is 0.183 e. The Morgan fingerprint density at radius 3 is 1.48 bits per heavy atom. The van der Waals surface area contributed by atoms with E-state index in [-0.39, 0.29) is 0 Å². The van der Waals surface area contributed by atoms with Crippen molar-refractivity contribution in [1.29, 1.82) is 0 Å². The van der Waals surface area contributed by atoms with Crippen molar-refractivity contribution in [3.63, 3.8) is 0 Å². The molecule has 25 heavy (non-hydrogen) atoms. The molecular formula is C20H38O3Si2. The van der Waals surface area contributed by atoms with Crippen LogP contribution in [0, 0.1) is 29.1 Å². The Kier molecular flexibility index (Phi) is 5.44. The summed E-state index contributed by atoms with van der Waals surface area (Å²) in [5, 5.41) is 0. The van der Waals surface area contributed by atoms with Crippen LogP contribution in [0.4, 0.5) is 0 Å². The van der Waals surface area contributed by atoms with E-state index in [1.54, 1.807) is 0 Å². The number of Topliss-reactive ketones (excluding diaryl/α,β-unsaturated/α-hetero) is 1. The van der Waals surface area contributed by atoms with Crippen molar-refractivity contribution < 1.29 is 13.6 Å². The molecule has 4 fully saturated rings. The zero-order chi connectivity index (χ0) is 18.5. The Morgan fingerprint density at radius 2 is 1.16 bits per heavy atom.